The van der Waals surface area contributed by atoms with Crippen molar-refractivity contribution in [2.75, 3.05) is 0 Å². The van der Waals surface area contributed by atoms with Gasteiger partial charge in [-0.15, -0.1) is 0 Å². The molecule has 0 aliphatic rings. The maximum atomic E-state index is 11.5. The fraction of sp³-hybridized carbons (Fsp3) is 0.364. The lowest BCUT2D eigenvalue weighted by molar-refractivity contribution is 0.738. The van der Waals surface area contributed by atoms with Gasteiger partial charge in [0, 0.05) is 18.2 Å². The van der Waals surface area contributed by atoms with Crippen LogP contribution in [-0.4, -0.2) is 19.7 Å². The third kappa shape index (κ3) is 2.03. The highest BCUT2D eigenvalue weighted by molar-refractivity contribution is 5.21. The highest BCUT2D eigenvalue weighted by atomic mass is 16.1. The van der Waals surface area contributed by atoms with Gasteiger partial charge in [0.05, 0.1) is 6.20 Å². The number of aryl methyl sites for hydroxylation is 1. The Bertz CT molecular complexity index is 553. The van der Waals surface area contributed by atoms with Crippen molar-refractivity contribution < 1.29 is 0 Å². The molecule has 5 heteroatoms. The predicted octanol–water partition coefficient (Wildman–Crippen LogP) is 1.39. The van der Waals surface area contributed by atoms with E-state index in [1.54, 1.807) is 10.9 Å². The highest BCUT2D eigenvalue weighted by Crippen LogP contribution is 2.09. The Hall–Kier alpha value is -1.91. The van der Waals surface area contributed by atoms with E-state index in [9.17, 15) is 4.79 Å². The molecule has 2 heterocycles. The number of H-pyrrole nitrogens is 1. The zero-order valence-electron chi connectivity index (χ0n) is 9.56. The van der Waals surface area contributed by atoms with Crippen LogP contribution in [0.2, 0.25) is 0 Å². The van der Waals surface area contributed by atoms with Gasteiger partial charge in [-0.2, -0.15) is 5.10 Å². The minimum Gasteiger partial charge on any atom is -0.310 e. The molecule has 0 fully saturated rings. The summed E-state index contributed by atoms with van der Waals surface area (Å²) in [6, 6.07) is 1.44. The normalized spacial score (nSPS) is 11.0. The summed E-state index contributed by atoms with van der Waals surface area (Å²) in [7, 11) is 0. The van der Waals surface area contributed by atoms with E-state index in [2.05, 4.69) is 15.1 Å². The second kappa shape index (κ2) is 3.92. The average Bonchev–Trinajstić information content (AvgIpc) is 2.64. The van der Waals surface area contributed by atoms with E-state index in [1.165, 1.54) is 6.07 Å². The quantitative estimate of drug-likeness (QED) is 0.828. The Labute approximate surface area is 93.2 Å². The largest absolute Gasteiger partial charge is 0.310 e. The van der Waals surface area contributed by atoms with Crippen molar-refractivity contribution in [1.29, 1.82) is 0 Å². The first kappa shape index (κ1) is 10.6. The standard InChI is InChI=1S/C11H14N4O/c1-7(2)11-13-9(4-10(16)14-11)15-6-8(3)5-12-15/h4-7H,1-3H3,(H,13,14,16). The van der Waals surface area contributed by atoms with Gasteiger partial charge in [0.25, 0.3) is 5.56 Å². The Morgan fingerprint density at radius 3 is 2.75 bits per heavy atom. The summed E-state index contributed by atoms with van der Waals surface area (Å²) in [5.74, 6) is 1.42. The molecule has 0 radical (unpaired) electrons. The maximum Gasteiger partial charge on any atom is 0.253 e. The fourth-order valence-corrected chi connectivity index (χ4v) is 1.39. The summed E-state index contributed by atoms with van der Waals surface area (Å²) in [6.45, 7) is 5.91. The molecule has 0 aromatic carbocycles. The molecule has 1 N–H and O–H groups in total. The lowest BCUT2D eigenvalue weighted by Gasteiger charge is -2.06. The smallest absolute Gasteiger partial charge is 0.253 e. The summed E-state index contributed by atoms with van der Waals surface area (Å²) < 4.78 is 1.61. The third-order valence-corrected chi connectivity index (χ3v) is 2.24. The molecule has 0 aliphatic carbocycles. The first-order valence-corrected chi connectivity index (χ1v) is 5.19. The molecule has 2 rings (SSSR count). The van der Waals surface area contributed by atoms with E-state index in [-0.39, 0.29) is 11.5 Å². The van der Waals surface area contributed by atoms with Crippen molar-refractivity contribution in [1.82, 2.24) is 19.7 Å². The topological polar surface area (TPSA) is 63.6 Å². The van der Waals surface area contributed by atoms with Crippen molar-refractivity contribution in [3.8, 4) is 5.82 Å². The number of nitrogens with one attached hydrogen (secondary N) is 1. The molecule has 0 bridgehead atoms. The molecular weight excluding hydrogens is 204 g/mol. The lowest BCUT2D eigenvalue weighted by Crippen LogP contribution is -2.15. The molecule has 0 saturated heterocycles. The van der Waals surface area contributed by atoms with Crippen LogP contribution in [0.4, 0.5) is 0 Å². The average molecular weight is 218 g/mol. The maximum absolute atomic E-state index is 11.5. The molecular formula is C11H14N4O. The molecule has 84 valence electrons. The first-order chi connectivity index (χ1) is 7.56. The van der Waals surface area contributed by atoms with Gasteiger partial charge >= 0.3 is 0 Å². The van der Waals surface area contributed by atoms with Gasteiger partial charge in [-0.25, -0.2) is 9.67 Å². The number of hydrogen-bond acceptors (Lipinski definition) is 3. The van der Waals surface area contributed by atoms with E-state index in [0.29, 0.717) is 11.6 Å². The van der Waals surface area contributed by atoms with Crippen LogP contribution in [0.25, 0.3) is 5.82 Å². The Morgan fingerprint density at radius 2 is 2.19 bits per heavy atom. The van der Waals surface area contributed by atoms with Crippen molar-refractivity contribution in [3.63, 3.8) is 0 Å². The van der Waals surface area contributed by atoms with Crippen molar-refractivity contribution in [2.24, 2.45) is 0 Å². The molecule has 0 unspecified atom stereocenters. The number of aromatic amines is 1. The Kier molecular flexibility index (Phi) is 2.60. The Morgan fingerprint density at radius 1 is 1.44 bits per heavy atom. The van der Waals surface area contributed by atoms with Gasteiger partial charge in [0.2, 0.25) is 0 Å². The zero-order valence-corrected chi connectivity index (χ0v) is 9.56. The van der Waals surface area contributed by atoms with Gasteiger partial charge < -0.3 is 4.98 Å². The van der Waals surface area contributed by atoms with Crippen LogP contribution in [0.15, 0.2) is 23.3 Å². The molecule has 0 atom stereocenters. The van der Waals surface area contributed by atoms with E-state index in [1.807, 2.05) is 27.0 Å². The van der Waals surface area contributed by atoms with Crippen molar-refractivity contribution in [2.45, 2.75) is 26.7 Å². The second-order valence-corrected chi connectivity index (χ2v) is 4.11. The van der Waals surface area contributed by atoms with Crippen LogP contribution < -0.4 is 5.56 Å². The first-order valence-electron chi connectivity index (χ1n) is 5.19. The number of rotatable bonds is 2. The molecule has 0 amide bonds. The fourth-order valence-electron chi connectivity index (χ4n) is 1.39. The Balaban J connectivity index is 2.53. The van der Waals surface area contributed by atoms with E-state index in [0.717, 1.165) is 5.56 Å². The molecule has 2 aromatic heterocycles. The number of nitrogens with zero attached hydrogens (tertiary/aromatic N) is 3. The van der Waals surface area contributed by atoms with Gasteiger partial charge in [-0.3, -0.25) is 4.79 Å². The molecule has 5 nitrogen and oxygen atoms in total. The molecule has 2 aromatic rings. The van der Waals surface area contributed by atoms with Crippen LogP contribution in [-0.2, 0) is 0 Å². The molecule has 0 spiro atoms. The van der Waals surface area contributed by atoms with Crippen LogP contribution >= 0.6 is 0 Å². The van der Waals surface area contributed by atoms with Crippen molar-refractivity contribution >= 4 is 0 Å². The van der Waals surface area contributed by atoms with E-state index >= 15 is 0 Å². The number of hydrogen-bond donors (Lipinski definition) is 1. The van der Waals surface area contributed by atoms with Crippen molar-refractivity contribution in [3.05, 3.63) is 40.2 Å². The van der Waals surface area contributed by atoms with Crippen LogP contribution in [0.3, 0.4) is 0 Å². The summed E-state index contributed by atoms with van der Waals surface area (Å²) in [5.41, 5.74) is 0.884. The SMILES string of the molecule is Cc1cnn(-c2cc(=O)[nH]c(C(C)C)n2)c1. The van der Waals surface area contributed by atoms with E-state index < -0.39 is 0 Å². The minimum absolute atomic E-state index is 0.151. The summed E-state index contributed by atoms with van der Waals surface area (Å²) >= 11 is 0. The summed E-state index contributed by atoms with van der Waals surface area (Å²) in [5, 5.41) is 4.13. The van der Waals surface area contributed by atoms with Crippen LogP contribution in [0, 0.1) is 6.92 Å². The summed E-state index contributed by atoms with van der Waals surface area (Å²) in [6.07, 6.45) is 3.57. The number of aromatic nitrogens is 4. The minimum atomic E-state index is -0.151. The molecule has 16 heavy (non-hydrogen) atoms. The predicted molar refractivity (Wildman–Crippen MR) is 60.8 cm³/mol. The third-order valence-electron chi connectivity index (χ3n) is 2.24. The van der Waals surface area contributed by atoms with Crippen LogP contribution in [0.5, 0.6) is 0 Å². The summed E-state index contributed by atoms with van der Waals surface area (Å²) in [4.78, 5) is 18.5. The van der Waals surface area contributed by atoms with Gasteiger partial charge in [-0.05, 0) is 12.5 Å². The lowest BCUT2D eigenvalue weighted by atomic mass is 10.2. The van der Waals surface area contributed by atoms with Gasteiger partial charge in [0.15, 0.2) is 5.82 Å². The highest BCUT2D eigenvalue weighted by Gasteiger charge is 2.07. The van der Waals surface area contributed by atoms with E-state index in [4.69, 9.17) is 0 Å². The van der Waals surface area contributed by atoms with Gasteiger partial charge in [-0.1, -0.05) is 13.8 Å². The van der Waals surface area contributed by atoms with Gasteiger partial charge in [0.1, 0.15) is 5.82 Å². The zero-order chi connectivity index (χ0) is 11.7. The monoisotopic (exact) mass is 218 g/mol. The second-order valence-electron chi connectivity index (χ2n) is 4.11. The molecule has 0 aliphatic heterocycles. The molecule has 0 saturated carbocycles. The van der Waals surface area contributed by atoms with Crippen LogP contribution in [0.1, 0.15) is 31.2 Å².